The topological polar surface area (TPSA) is 55.6 Å². The van der Waals surface area contributed by atoms with Crippen molar-refractivity contribution < 1.29 is 14.1 Å². The molecule has 2 aliphatic rings. The van der Waals surface area contributed by atoms with Gasteiger partial charge < -0.3 is 9.64 Å². The summed E-state index contributed by atoms with van der Waals surface area (Å²) in [4.78, 5) is 13.4. The van der Waals surface area contributed by atoms with Gasteiger partial charge in [-0.1, -0.05) is 0 Å². The highest BCUT2D eigenvalue weighted by molar-refractivity contribution is 5.43. The van der Waals surface area contributed by atoms with Crippen LogP contribution in [0.25, 0.3) is 0 Å². The van der Waals surface area contributed by atoms with Crippen LogP contribution in [0.2, 0.25) is 0 Å². The van der Waals surface area contributed by atoms with Crippen molar-refractivity contribution in [2.45, 2.75) is 70.9 Å². The molecule has 1 aliphatic carbocycles. The molecule has 0 radical (unpaired) electrons. The number of aryl methyl sites for hydroxylation is 1. The van der Waals surface area contributed by atoms with Gasteiger partial charge in [-0.25, -0.2) is 4.39 Å². The summed E-state index contributed by atoms with van der Waals surface area (Å²) in [6.45, 7) is 6.65. The van der Waals surface area contributed by atoms with Gasteiger partial charge in [0, 0.05) is 18.2 Å². The van der Waals surface area contributed by atoms with E-state index in [9.17, 15) is 14.5 Å². The third-order valence-electron chi connectivity index (χ3n) is 6.28. The molecule has 3 rings (SSSR count). The van der Waals surface area contributed by atoms with Crippen LogP contribution in [0, 0.1) is 28.8 Å². The van der Waals surface area contributed by atoms with E-state index in [1.807, 2.05) is 0 Å². The lowest BCUT2D eigenvalue weighted by Crippen LogP contribution is -2.44. The number of nitro benzene ring substituents is 1. The molecule has 0 N–H and O–H groups in total. The second-order valence-electron chi connectivity index (χ2n) is 8.06. The van der Waals surface area contributed by atoms with Gasteiger partial charge in [0.05, 0.1) is 17.1 Å². The Balaban J connectivity index is 1.53. The Labute approximate surface area is 161 Å². The van der Waals surface area contributed by atoms with E-state index < -0.39 is 10.7 Å². The predicted molar refractivity (Wildman–Crippen MR) is 103 cm³/mol. The molecule has 0 aromatic heterocycles. The van der Waals surface area contributed by atoms with Crippen LogP contribution in [0.15, 0.2) is 12.1 Å². The summed E-state index contributed by atoms with van der Waals surface area (Å²) in [6, 6.07) is 3.40. The molecular formula is C21H31FN2O3. The summed E-state index contributed by atoms with van der Waals surface area (Å²) >= 11 is 0. The molecule has 1 aromatic carbocycles. The molecule has 2 fully saturated rings. The van der Waals surface area contributed by atoms with E-state index >= 15 is 0 Å². The molecule has 6 heteroatoms. The van der Waals surface area contributed by atoms with Crippen LogP contribution in [0.4, 0.5) is 10.1 Å². The molecule has 0 unspecified atom stereocenters. The van der Waals surface area contributed by atoms with Gasteiger partial charge in [0.25, 0.3) is 5.69 Å². The first-order chi connectivity index (χ1) is 13.0. The van der Waals surface area contributed by atoms with Crippen LogP contribution in [0.3, 0.4) is 0 Å². The van der Waals surface area contributed by atoms with E-state index in [2.05, 4.69) is 11.8 Å². The molecule has 1 aromatic rings. The van der Waals surface area contributed by atoms with Crippen LogP contribution < -0.4 is 0 Å². The Morgan fingerprint density at radius 2 is 1.85 bits per heavy atom. The lowest BCUT2D eigenvalue weighted by atomic mass is 9.86. The number of nitrogens with zero attached hydrogens (tertiary/aromatic N) is 2. The van der Waals surface area contributed by atoms with Gasteiger partial charge >= 0.3 is 0 Å². The van der Waals surface area contributed by atoms with Crippen molar-refractivity contribution in [1.29, 1.82) is 0 Å². The Morgan fingerprint density at radius 1 is 1.19 bits per heavy atom. The molecule has 0 amide bonds. The quantitative estimate of drug-likeness (QED) is 0.534. The van der Waals surface area contributed by atoms with Gasteiger partial charge in [0.15, 0.2) is 0 Å². The van der Waals surface area contributed by atoms with Crippen LogP contribution >= 0.6 is 0 Å². The number of halogens is 1. The molecule has 5 nitrogen and oxygen atoms in total. The minimum atomic E-state index is -0.497. The van der Waals surface area contributed by atoms with Crippen molar-refractivity contribution in [3.8, 4) is 0 Å². The van der Waals surface area contributed by atoms with Gasteiger partial charge in [-0.05, 0) is 89.4 Å². The number of likely N-dealkylation sites (tertiary alicyclic amines) is 1. The van der Waals surface area contributed by atoms with Crippen molar-refractivity contribution in [1.82, 2.24) is 4.90 Å². The number of hydrogen-bond donors (Lipinski definition) is 0. The summed E-state index contributed by atoms with van der Waals surface area (Å²) in [5.74, 6) is -0.0625. The van der Waals surface area contributed by atoms with Crippen molar-refractivity contribution in [3.05, 3.63) is 39.2 Å². The van der Waals surface area contributed by atoms with Crippen molar-refractivity contribution in [2.75, 3.05) is 19.7 Å². The highest BCUT2D eigenvalue weighted by atomic mass is 19.1. The van der Waals surface area contributed by atoms with E-state index in [4.69, 9.17) is 4.74 Å². The van der Waals surface area contributed by atoms with Crippen molar-refractivity contribution in [2.24, 2.45) is 5.92 Å². The molecule has 1 heterocycles. The minimum absolute atomic E-state index is 0.0743. The first-order valence-electron chi connectivity index (χ1n) is 10.3. The van der Waals surface area contributed by atoms with Crippen LogP contribution in [0.5, 0.6) is 0 Å². The number of nitro groups is 1. The Bertz CT molecular complexity index is 651. The predicted octanol–water partition coefficient (Wildman–Crippen LogP) is 4.64. The summed E-state index contributed by atoms with van der Waals surface area (Å²) in [7, 11) is 0. The first kappa shape index (κ1) is 20.2. The van der Waals surface area contributed by atoms with Crippen LogP contribution in [-0.2, 0) is 11.2 Å². The van der Waals surface area contributed by atoms with Crippen LogP contribution in [0.1, 0.15) is 56.6 Å². The number of hydrogen-bond acceptors (Lipinski definition) is 4. The minimum Gasteiger partial charge on any atom is -0.379 e. The number of benzene rings is 1. The first-order valence-corrected chi connectivity index (χ1v) is 10.3. The zero-order chi connectivity index (χ0) is 19.4. The smallest absolute Gasteiger partial charge is 0.275 e. The van der Waals surface area contributed by atoms with Gasteiger partial charge in [-0.15, -0.1) is 0 Å². The molecule has 1 saturated carbocycles. The second kappa shape index (κ2) is 9.11. The highest BCUT2D eigenvalue weighted by Crippen LogP contribution is 2.32. The zero-order valence-corrected chi connectivity index (χ0v) is 16.5. The van der Waals surface area contributed by atoms with E-state index in [1.165, 1.54) is 12.8 Å². The average Bonchev–Trinajstić information content (AvgIpc) is 2.66. The molecule has 1 aliphatic heterocycles. The molecular weight excluding hydrogens is 347 g/mol. The van der Waals surface area contributed by atoms with Gasteiger partial charge in [0.2, 0.25) is 0 Å². The lowest BCUT2D eigenvalue weighted by Gasteiger charge is -2.40. The largest absolute Gasteiger partial charge is 0.379 e. The number of ether oxygens (including phenoxy) is 1. The summed E-state index contributed by atoms with van der Waals surface area (Å²) in [5, 5.41) is 11.3. The standard InChI is InChI=1S/C21H31FN2O3/c1-3-27-19-6-4-18(5-7-19)23-10-8-16(9-11-23)13-17-12-15(2)20(22)14-21(17)24(25)26/h12,14,16,18-19H,3-11,13H2,1-2H3. The lowest BCUT2D eigenvalue weighted by molar-refractivity contribution is -0.385. The fraction of sp³-hybridized carbons (Fsp3) is 0.714. The summed E-state index contributed by atoms with van der Waals surface area (Å²) in [5.41, 5.74) is 1.09. The highest BCUT2D eigenvalue weighted by Gasteiger charge is 2.30. The average molecular weight is 378 g/mol. The van der Waals surface area contributed by atoms with E-state index in [1.54, 1.807) is 13.0 Å². The summed E-state index contributed by atoms with van der Waals surface area (Å²) < 4.78 is 19.5. The second-order valence-corrected chi connectivity index (χ2v) is 8.06. The molecule has 150 valence electrons. The maximum Gasteiger partial charge on any atom is 0.275 e. The van der Waals surface area contributed by atoms with Gasteiger partial charge in [0.1, 0.15) is 5.82 Å². The molecule has 0 spiro atoms. The fourth-order valence-electron chi connectivity index (χ4n) is 4.71. The fourth-order valence-corrected chi connectivity index (χ4v) is 4.71. The van der Waals surface area contributed by atoms with E-state index in [-0.39, 0.29) is 5.69 Å². The van der Waals surface area contributed by atoms with Crippen molar-refractivity contribution in [3.63, 3.8) is 0 Å². The monoisotopic (exact) mass is 378 g/mol. The normalized spacial score (nSPS) is 24.9. The number of rotatable bonds is 6. The third kappa shape index (κ3) is 5.05. The van der Waals surface area contributed by atoms with Gasteiger partial charge in [-0.3, -0.25) is 10.1 Å². The molecule has 1 saturated heterocycles. The number of piperidine rings is 1. The third-order valence-corrected chi connectivity index (χ3v) is 6.28. The van der Waals surface area contributed by atoms with E-state index in [0.717, 1.165) is 51.4 Å². The zero-order valence-electron chi connectivity index (χ0n) is 16.5. The molecule has 27 heavy (non-hydrogen) atoms. The van der Waals surface area contributed by atoms with Crippen molar-refractivity contribution >= 4 is 5.69 Å². The Morgan fingerprint density at radius 3 is 2.44 bits per heavy atom. The SMILES string of the molecule is CCOC1CCC(N2CCC(Cc3cc(C)c(F)cc3[N+](=O)[O-])CC2)CC1. The van der Waals surface area contributed by atoms with Gasteiger partial charge in [-0.2, -0.15) is 0 Å². The molecule has 0 bridgehead atoms. The summed E-state index contributed by atoms with van der Waals surface area (Å²) in [6.07, 6.45) is 7.93. The Hall–Kier alpha value is -1.53. The Kier molecular flexibility index (Phi) is 6.82. The maximum absolute atomic E-state index is 13.7. The maximum atomic E-state index is 13.7. The van der Waals surface area contributed by atoms with Crippen LogP contribution in [-0.4, -0.2) is 41.7 Å². The van der Waals surface area contributed by atoms with E-state index in [0.29, 0.717) is 35.6 Å². The molecule has 0 atom stereocenters.